The monoisotopic (exact) mass is 439 g/mol. The van der Waals surface area contributed by atoms with Gasteiger partial charge < -0.3 is 10.0 Å². The molecule has 4 rings (SSSR count). The molecule has 2 saturated heterocycles. The van der Waals surface area contributed by atoms with Gasteiger partial charge in [0, 0.05) is 63.3 Å². The van der Waals surface area contributed by atoms with Crippen molar-refractivity contribution < 1.29 is 5.11 Å². The van der Waals surface area contributed by atoms with E-state index in [1.54, 1.807) is 0 Å². The van der Waals surface area contributed by atoms with E-state index in [1.165, 1.54) is 48.3 Å². The molecule has 2 aliphatic heterocycles. The molecule has 0 amide bonds. The molecule has 2 fully saturated rings. The predicted molar refractivity (Wildman–Crippen MR) is 130 cm³/mol. The second kappa shape index (κ2) is 10.5. The Morgan fingerprint density at radius 3 is 2.53 bits per heavy atom. The van der Waals surface area contributed by atoms with E-state index in [9.17, 15) is 5.11 Å². The molecule has 0 aliphatic carbocycles. The Morgan fingerprint density at radius 1 is 1.09 bits per heavy atom. The largest absolute Gasteiger partial charge is 0.396 e. The number of hydrogen-bond donors (Lipinski definition) is 1. The lowest BCUT2D eigenvalue weighted by Gasteiger charge is -2.48. The predicted octanol–water partition coefficient (Wildman–Crippen LogP) is 3.23. The topological polar surface area (TPSA) is 47.8 Å². The van der Waals surface area contributed by atoms with E-state index in [4.69, 9.17) is 0 Å². The van der Waals surface area contributed by atoms with E-state index >= 15 is 0 Å². The van der Waals surface area contributed by atoms with Gasteiger partial charge in [0.25, 0.3) is 0 Å². The molecule has 0 spiro atoms. The van der Waals surface area contributed by atoms with Gasteiger partial charge in [0.05, 0.1) is 5.69 Å². The average molecular weight is 440 g/mol. The van der Waals surface area contributed by atoms with Gasteiger partial charge >= 0.3 is 0 Å². The van der Waals surface area contributed by atoms with Crippen LogP contribution < -0.4 is 0 Å². The number of likely N-dealkylation sites (tertiary alicyclic amines) is 1. The van der Waals surface area contributed by atoms with Crippen molar-refractivity contribution in [3.63, 3.8) is 0 Å². The third-order valence-corrected chi connectivity index (χ3v) is 7.50. The van der Waals surface area contributed by atoms with E-state index in [0.717, 1.165) is 32.6 Å². The lowest BCUT2D eigenvalue weighted by atomic mass is 9.96. The highest BCUT2D eigenvalue weighted by atomic mass is 16.3. The van der Waals surface area contributed by atoms with E-state index in [-0.39, 0.29) is 6.61 Å². The first-order valence-corrected chi connectivity index (χ1v) is 12.4. The van der Waals surface area contributed by atoms with Crippen molar-refractivity contribution in [2.24, 2.45) is 0 Å². The third kappa shape index (κ3) is 5.25. The molecule has 1 N–H and O–H groups in total. The first kappa shape index (κ1) is 23.4. The highest BCUT2D eigenvalue weighted by Gasteiger charge is 2.34. The molecule has 2 aromatic rings. The lowest BCUT2D eigenvalue weighted by molar-refractivity contribution is -0.0000871. The maximum atomic E-state index is 9.80. The van der Waals surface area contributed by atoms with Crippen molar-refractivity contribution in [2.75, 3.05) is 39.3 Å². The van der Waals surface area contributed by atoms with Gasteiger partial charge in [0.2, 0.25) is 0 Å². The molecule has 2 aliphatic rings. The fourth-order valence-corrected chi connectivity index (χ4v) is 5.72. The van der Waals surface area contributed by atoms with Crippen molar-refractivity contribution in [3.8, 4) is 5.69 Å². The normalized spacial score (nSPS) is 22.1. The summed E-state index contributed by atoms with van der Waals surface area (Å²) in [4.78, 5) is 7.91. The number of rotatable bonds is 7. The van der Waals surface area contributed by atoms with Gasteiger partial charge in [-0.15, -0.1) is 0 Å². The number of aryl methyl sites for hydroxylation is 2. The first-order chi connectivity index (χ1) is 15.5. The molecule has 6 nitrogen and oxygen atoms in total. The van der Waals surface area contributed by atoms with Crippen molar-refractivity contribution in [2.45, 2.75) is 71.6 Å². The number of nitrogens with zero attached hydrogens (tertiary/aromatic N) is 5. The van der Waals surface area contributed by atoms with Crippen LogP contribution >= 0.6 is 0 Å². The van der Waals surface area contributed by atoms with Gasteiger partial charge in [0.15, 0.2) is 0 Å². The maximum Gasteiger partial charge on any atom is 0.0695 e. The number of aliphatic hydroxyl groups excluding tert-OH is 1. The molecule has 0 radical (unpaired) electrons. The van der Waals surface area contributed by atoms with Gasteiger partial charge in [-0.3, -0.25) is 9.80 Å². The lowest BCUT2D eigenvalue weighted by Crippen LogP contribution is -2.58. The van der Waals surface area contributed by atoms with E-state index in [2.05, 4.69) is 59.6 Å². The van der Waals surface area contributed by atoms with Crippen molar-refractivity contribution in [1.82, 2.24) is 24.5 Å². The molecule has 1 atom stereocenters. The summed E-state index contributed by atoms with van der Waals surface area (Å²) in [6.07, 6.45) is 7.25. The summed E-state index contributed by atoms with van der Waals surface area (Å²) in [5.41, 5.74) is 5.15. The Balaban J connectivity index is 1.46. The van der Waals surface area contributed by atoms with Gasteiger partial charge in [-0.25, -0.2) is 4.68 Å². The van der Waals surface area contributed by atoms with Crippen LogP contribution in [0.25, 0.3) is 5.69 Å². The highest BCUT2D eigenvalue weighted by molar-refractivity contribution is 5.48. The first-order valence-electron chi connectivity index (χ1n) is 12.4. The second-order valence-corrected chi connectivity index (χ2v) is 10.0. The van der Waals surface area contributed by atoms with E-state index < -0.39 is 0 Å². The number of hydrogen-bond acceptors (Lipinski definition) is 5. The molecule has 0 unspecified atom stereocenters. The molecular weight excluding hydrogens is 398 g/mol. The van der Waals surface area contributed by atoms with E-state index in [1.807, 2.05) is 23.1 Å². The summed E-state index contributed by atoms with van der Waals surface area (Å²) in [6, 6.07) is 8.25. The smallest absolute Gasteiger partial charge is 0.0695 e. The van der Waals surface area contributed by atoms with Gasteiger partial charge in [-0.1, -0.05) is 6.07 Å². The zero-order valence-electron chi connectivity index (χ0n) is 20.4. The fraction of sp³-hybridized carbons (Fsp3) is 0.654. The number of aromatic nitrogens is 2. The quantitative estimate of drug-likeness (QED) is 0.718. The van der Waals surface area contributed by atoms with Crippen LogP contribution in [0.5, 0.6) is 0 Å². The standard InChI is InChI=1S/C26H41N5O/c1-20(2)29-11-6-23(7-12-29)30-14-13-28(18-24(30)8-15-32)19-25-22(4)16-21(3)17-26(25)31-10-5-9-27-31/h5,9-10,16-17,20,23-24,32H,6-8,11-15,18-19H2,1-4H3/t24-/m0/s1. The van der Waals surface area contributed by atoms with Crippen molar-refractivity contribution in [1.29, 1.82) is 0 Å². The molecule has 0 saturated carbocycles. The molecule has 3 heterocycles. The average Bonchev–Trinajstić information content (AvgIpc) is 3.31. The van der Waals surface area contributed by atoms with Crippen LogP contribution in [0.4, 0.5) is 0 Å². The van der Waals surface area contributed by atoms with Crippen LogP contribution in [0.2, 0.25) is 0 Å². The minimum atomic E-state index is 0.266. The molecule has 1 aromatic heterocycles. The summed E-state index contributed by atoms with van der Waals surface area (Å²) in [7, 11) is 0. The van der Waals surface area contributed by atoms with Crippen molar-refractivity contribution in [3.05, 3.63) is 47.3 Å². The molecule has 0 bridgehead atoms. The van der Waals surface area contributed by atoms with Crippen LogP contribution in [0.15, 0.2) is 30.6 Å². The SMILES string of the molecule is Cc1cc(C)c(CN2CCN(C3CCN(C(C)C)CC3)[C@@H](CCO)C2)c(-n2cccn2)c1. The Hall–Kier alpha value is -1.73. The van der Waals surface area contributed by atoms with Crippen LogP contribution in [-0.4, -0.2) is 87.0 Å². The minimum absolute atomic E-state index is 0.266. The third-order valence-electron chi connectivity index (χ3n) is 7.50. The van der Waals surface area contributed by atoms with Crippen molar-refractivity contribution >= 4 is 0 Å². The Labute approximate surface area is 193 Å². The van der Waals surface area contributed by atoms with Crippen LogP contribution in [0, 0.1) is 13.8 Å². The van der Waals surface area contributed by atoms with Gasteiger partial charge in [0.1, 0.15) is 0 Å². The van der Waals surface area contributed by atoms with Crippen LogP contribution in [0.3, 0.4) is 0 Å². The molecular formula is C26H41N5O. The summed E-state index contributed by atoms with van der Waals surface area (Å²) < 4.78 is 2.00. The number of benzene rings is 1. The minimum Gasteiger partial charge on any atom is -0.396 e. The molecule has 32 heavy (non-hydrogen) atoms. The van der Waals surface area contributed by atoms with Crippen LogP contribution in [0.1, 0.15) is 49.8 Å². The summed E-state index contributed by atoms with van der Waals surface area (Å²) >= 11 is 0. The zero-order chi connectivity index (χ0) is 22.7. The highest BCUT2D eigenvalue weighted by Crippen LogP contribution is 2.27. The number of piperazine rings is 1. The van der Waals surface area contributed by atoms with E-state index in [0.29, 0.717) is 18.1 Å². The van der Waals surface area contributed by atoms with Gasteiger partial charge in [-0.05, 0) is 88.9 Å². The Morgan fingerprint density at radius 2 is 1.88 bits per heavy atom. The second-order valence-electron chi connectivity index (χ2n) is 10.0. The Bertz CT molecular complexity index is 857. The summed E-state index contributed by atoms with van der Waals surface area (Å²) in [5.74, 6) is 0. The fourth-order valence-electron chi connectivity index (χ4n) is 5.72. The summed E-state index contributed by atoms with van der Waals surface area (Å²) in [6.45, 7) is 15.8. The molecule has 176 valence electrons. The Kier molecular flexibility index (Phi) is 7.66. The molecule has 6 heteroatoms. The maximum absolute atomic E-state index is 9.80. The zero-order valence-corrected chi connectivity index (χ0v) is 20.4. The molecule has 1 aromatic carbocycles. The number of aliphatic hydroxyl groups is 1. The van der Waals surface area contributed by atoms with Crippen LogP contribution in [-0.2, 0) is 6.54 Å². The summed E-state index contributed by atoms with van der Waals surface area (Å²) in [5, 5.41) is 14.3. The van der Waals surface area contributed by atoms with Gasteiger partial charge in [-0.2, -0.15) is 5.10 Å². The number of piperidine rings is 1.